The molecule has 126 heavy (non-hydrogen) atoms. The molecule has 0 aliphatic rings. The van der Waals surface area contributed by atoms with E-state index >= 15 is 0 Å². The number of aromatic nitrogens is 12. The van der Waals surface area contributed by atoms with Crippen LogP contribution >= 0.6 is 0 Å². The lowest BCUT2D eigenvalue weighted by atomic mass is 9.97. The number of hydrogen-bond donors (Lipinski definition) is 0. The van der Waals surface area contributed by atoms with Crippen LogP contribution in [-0.4, -0.2) is 57.3 Å². The van der Waals surface area contributed by atoms with E-state index in [1.54, 1.807) is 0 Å². The molecule has 0 aliphatic carbocycles. The first-order valence-electron chi connectivity index (χ1n) is 42.3. The fourth-order valence-electron chi connectivity index (χ4n) is 17.4. The molecule has 24 rings (SSSR count). The summed E-state index contributed by atoms with van der Waals surface area (Å²) in [6, 6.07) is 159. The molecule has 0 saturated carbocycles. The monoisotopic (exact) mass is 1610 g/mol. The molecule has 0 bridgehead atoms. The smallest absolute Gasteiger partial charge is 0.145 e. The van der Waals surface area contributed by atoms with Crippen molar-refractivity contribution in [1.82, 2.24) is 57.3 Å². The van der Waals surface area contributed by atoms with Crippen molar-refractivity contribution in [2.75, 3.05) is 0 Å². The second kappa shape index (κ2) is 33.1. The molecule has 0 unspecified atom stereocenters. The van der Waals surface area contributed by atoms with E-state index in [4.69, 9.17) is 15.0 Å². The second-order valence-electron chi connectivity index (χ2n) is 31.1. The minimum Gasteiger partial charge on any atom is -0.299 e. The number of rotatable bonds is 15. The number of fused-ring (bicyclic) bond motifs is 6. The van der Waals surface area contributed by atoms with Crippen LogP contribution in [0, 0.1) is 0 Å². The lowest BCUT2D eigenvalue weighted by Crippen LogP contribution is -2.00. The van der Waals surface area contributed by atoms with E-state index in [2.05, 4.69) is 412 Å². The van der Waals surface area contributed by atoms with Crippen LogP contribution in [0.4, 0.5) is 0 Å². The van der Waals surface area contributed by atoms with E-state index in [0.29, 0.717) is 0 Å². The van der Waals surface area contributed by atoms with E-state index in [9.17, 15) is 0 Å². The number of hydrogen-bond acceptors (Lipinski definition) is 6. The molecule has 18 aromatic carbocycles. The van der Waals surface area contributed by atoms with Gasteiger partial charge in [-0.2, -0.15) is 0 Å². The van der Waals surface area contributed by atoms with Gasteiger partial charge < -0.3 is 0 Å². The van der Waals surface area contributed by atoms with Gasteiger partial charge in [-0.3, -0.25) is 27.4 Å². The van der Waals surface area contributed by atoms with Gasteiger partial charge in [0.05, 0.1) is 83.3 Å². The largest absolute Gasteiger partial charge is 0.299 e. The van der Waals surface area contributed by atoms with E-state index in [1.807, 2.05) is 104 Å². The zero-order valence-electron chi connectivity index (χ0n) is 68.4. The summed E-state index contributed by atoms with van der Waals surface area (Å²) in [5.41, 5.74) is 36.3. The maximum Gasteiger partial charge on any atom is 0.145 e. The third-order valence-corrected chi connectivity index (χ3v) is 23.5. The van der Waals surface area contributed by atoms with E-state index in [1.165, 1.54) is 33.4 Å². The van der Waals surface area contributed by atoms with Gasteiger partial charge in [0.2, 0.25) is 0 Å². The molecular formula is C114H78N12. The fourth-order valence-corrected chi connectivity index (χ4v) is 17.4. The zero-order chi connectivity index (χ0) is 83.6. The Kier molecular flexibility index (Phi) is 19.7. The Balaban J connectivity index is 0.000000113. The molecular weight excluding hydrogens is 1540 g/mol. The summed E-state index contributed by atoms with van der Waals surface area (Å²) in [4.78, 5) is 28.8. The minimum absolute atomic E-state index is 0.929. The van der Waals surface area contributed by atoms with Crippen LogP contribution in [0.3, 0.4) is 0 Å². The standard InChI is InChI=1S/C44H30N4.C38H26N4.C32H22N4/c1-3-14-32(15-4-1)43-45-38-21-8-11-24-41(38)47(43)36-28-26-31(27-29-36)34-18-13-19-35(30-34)37-20-7-10-23-40(37)48-42-25-12-9-22-39(42)46-44(48)33-16-5-2-6-17-33;1-2-11-28(12-3-1)38-40-34-17-6-9-20-37(34)42(38)35-18-7-4-15-32(35)30-14-10-13-29(25-30)27-21-23-31(24-22-27)41-26-39-33-16-5-8-19-36(33)41;1-4-13-30(36-22-34-29-12-3-6-15-32(29)36)27(10-1)25-9-7-8-24(20-25)23-16-18-26(19-17-23)35-21-33-28-11-2-5-14-31(28)35/h1-30H;1-26H;1-22H. The Morgan fingerprint density at radius 1 is 0.151 bits per heavy atom. The van der Waals surface area contributed by atoms with Gasteiger partial charge in [-0.05, 0) is 196 Å². The number of benzene rings is 18. The Bertz CT molecular complexity index is 8070. The highest BCUT2D eigenvalue weighted by Crippen LogP contribution is 2.41. The van der Waals surface area contributed by atoms with Gasteiger partial charge in [-0.25, -0.2) is 29.9 Å². The van der Waals surface area contributed by atoms with E-state index < -0.39 is 0 Å². The molecule has 594 valence electrons. The van der Waals surface area contributed by atoms with Crippen LogP contribution in [-0.2, 0) is 0 Å². The number of nitrogens with zero attached hydrogens (tertiary/aromatic N) is 12. The first kappa shape index (κ1) is 75.0. The summed E-state index contributed by atoms with van der Waals surface area (Å²) >= 11 is 0. The molecule has 0 spiro atoms. The third kappa shape index (κ3) is 14.3. The first-order chi connectivity index (χ1) is 62.5. The van der Waals surface area contributed by atoms with Crippen LogP contribution < -0.4 is 0 Å². The Morgan fingerprint density at radius 2 is 0.405 bits per heavy atom. The quantitative estimate of drug-likeness (QED) is 0.101. The molecule has 6 heterocycles. The van der Waals surface area contributed by atoms with Crippen molar-refractivity contribution >= 4 is 66.2 Å². The third-order valence-electron chi connectivity index (χ3n) is 23.5. The molecule has 0 fully saturated rings. The van der Waals surface area contributed by atoms with Crippen molar-refractivity contribution in [3.63, 3.8) is 0 Å². The summed E-state index contributed by atoms with van der Waals surface area (Å²) in [6.45, 7) is 0. The van der Waals surface area contributed by atoms with Crippen LogP contribution in [0.15, 0.2) is 474 Å². The van der Waals surface area contributed by atoms with Gasteiger partial charge in [0, 0.05) is 50.4 Å². The van der Waals surface area contributed by atoms with Crippen molar-refractivity contribution in [1.29, 1.82) is 0 Å². The molecule has 0 amide bonds. The summed E-state index contributed by atoms with van der Waals surface area (Å²) in [5, 5.41) is 0. The minimum atomic E-state index is 0.929. The van der Waals surface area contributed by atoms with E-state index in [-0.39, 0.29) is 0 Å². The van der Waals surface area contributed by atoms with Crippen LogP contribution in [0.2, 0.25) is 0 Å². The van der Waals surface area contributed by atoms with Gasteiger partial charge in [0.1, 0.15) is 36.5 Å². The Labute approximate surface area is 727 Å². The van der Waals surface area contributed by atoms with Crippen LogP contribution in [0.25, 0.3) is 201 Å². The van der Waals surface area contributed by atoms with Crippen LogP contribution in [0.1, 0.15) is 0 Å². The van der Waals surface area contributed by atoms with Gasteiger partial charge in [0.15, 0.2) is 0 Å². The SMILES string of the molecule is c1cc(-c2ccc(-n3cnc4ccccc43)cc2)cc(-c2ccccc2-n2cnc3ccccc32)c1.c1ccc(-c2nc3ccccc3n2-c2ccc(-c3cccc(-c4ccccc4-n4c(-c5ccccc5)nc5ccccc54)c3)cc2)cc1.c1ccc(-c2nc3ccccc3n2-c2ccccc2-c2cccc(-c3ccc(-n4cnc5ccccc54)cc3)c2)cc1. The predicted molar refractivity (Wildman–Crippen MR) is 516 cm³/mol. The summed E-state index contributed by atoms with van der Waals surface area (Å²) in [5.74, 6) is 2.80. The maximum absolute atomic E-state index is 5.09. The van der Waals surface area contributed by atoms with Crippen molar-refractivity contribution < 1.29 is 0 Å². The van der Waals surface area contributed by atoms with E-state index in [0.717, 1.165) is 168 Å². The lowest BCUT2D eigenvalue weighted by molar-refractivity contribution is 1.09. The zero-order valence-corrected chi connectivity index (χ0v) is 68.4. The van der Waals surface area contributed by atoms with Crippen molar-refractivity contribution in [3.05, 3.63) is 474 Å². The Hall–Kier alpha value is -17.2. The highest BCUT2D eigenvalue weighted by Gasteiger charge is 2.22. The molecule has 24 aromatic rings. The highest BCUT2D eigenvalue weighted by atomic mass is 15.1. The average Bonchev–Trinajstić information content (AvgIpc) is 1.60. The maximum atomic E-state index is 5.09. The normalized spacial score (nSPS) is 11.3. The predicted octanol–water partition coefficient (Wildman–Crippen LogP) is 28.1. The van der Waals surface area contributed by atoms with Crippen molar-refractivity contribution in [2.24, 2.45) is 0 Å². The fraction of sp³-hybridized carbons (Fsp3) is 0. The number of imidazole rings is 6. The molecule has 0 saturated heterocycles. The first-order valence-corrected chi connectivity index (χ1v) is 42.3. The van der Waals surface area contributed by atoms with Gasteiger partial charge in [-0.15, -0.1) is 0 Å². The van der Waals surface area contributed by atoms with Crippen molar-refractivity contribution in [2.45, 2.75) is 0 Å². The molecule has 0 radical (unpaired) electrons. The van der Waals surface area contributed by atoms with Crippen molar-refractivity contribution in [3.8, 4) is 135 Å². The molecule has 0 aliphatic heterocycles. The highest BCUT2D eigenvalue weighted by molar-refractivity contribution is 5.92. The van der Waals surface area contributed by atoms with Gasteiger partial charge >= 0.3 is 0 Å². The molecule has 0 N–H and O–H groups in total. The molecule has 6 aromatic heterocycles. The molecule has 0 atom stereocenters. The summed E-state index contributed by atoms with van der Waals surface area (Å²) < 4.78 is 13.3. The van der Waals surface area contributed by atoms with Gasteiger partial charge in [-0.1, -0.05) is 309 Å². The lowest BCUT2D eigenvalue weighted by Gasteiger charge is -2.16. The summed E-state index contributed by atoms with van der Waals surface area (Å²) in [6.07, 6.45) is 5.68. The average molecular weight is 1620 g/mol. The van der Waals surface area contributed by atoms with Crippen LogP contribution in [0.5, 0.6) is 0 Å². The molecule has 12 heteroatoms. The Morgan fingerprint density at radius 3 is 0.778 bits per heavy atom. The number of para-hydroxylation sites is 15. The van der Waals surface area contributed by atoms with Gasteiger partial charge in [0.25, 0.3) is 0 Å². The summed E-state index contributed by atoms with van der Waals surface area (Å²) in [7, 11) is 0. The topological polar surface area (TPSA) is 107 Å². The molecule has 12 nitrogen and oxygen atoms in total. The second-order valence-corrected chi connectivity index (χ2v) is 31.1.